The van der Waals surface area contributed by atoms with Crippen LogP contribution in [0.15, 0.2) is 5.16 Å². The molecular weight excluding hydrogens is 217 g/mol. The second kappa shape index (κ2) is 4.20. The Morgan fingerprint density at radius 2 is 1.85 bits per heavy atom. The summed E-state index contributed by atoms with van der Waals surface area (Å²) < 4.78 is 0. The molecular formula is C5H5Cl2N5O. The van der Waals surface area contributed by atoms with Crippen molar-refractivity contribution < 1.29 is 4.84 Å². The van der Waals surface area contributed by atoms with Crippen LogP contribution in [0.4, 0.5) is 0 Å². The van der Waals surface area contributed by atoms with E-state index in [2.05, 4.69) is 24.9 Å². The van der Waals surface area contributed by atoms with Crippen molar-refractivity contribution in [3.05, 3.63) is 10.6 Å². The lowest BCUT2D eigenvalue weighted by atomic mass is 10.7. The Bertz CT molecular complexity index is 317. The molecule has 0 aliphatic carbocycles. The van der Waals surface area contributed by atoms with Crippen molar-refractivity contribution in [3.8, 4) is 6.01 Å². The van der Waals surface area contributed by atoms with Crippen molar-refractivity contribution in [2.45, 2.75) is 6.92 Å². The zero-order valence-electron chi connectivity index (χ0n) is 6.53. The molecule has 13 heavy (non-hydrogen) atoms. The molecule has 0 fully saturated rings. The molecule has 0 bridgehead atoms. The Labute approximate surface area is 83.7 Å². The minimum atomic E-state index is -0.102. The molecule has 8 heteroatoms. The van der Waals surface area contributed by atoms with E-state index in [1.807, 2.05) is 0 Å². The molecule has 0 saturated heterocycles. The first kappa shape index (κ1) is 9.94. The third kappa shape index (κ3) is 3.39. The molecule has 1 heterocycles. The van der Waals surface area contributed by atoms with Gasteiger partial charge in [-0.1, -0.05) is 5.16 Å². The van der Waals surface area contributed by atoms with E-state index in [0.717, 1.165) is 0 Å². The van der Waals surface area contributed by atoms with Crippen molar-refractivity contribution in [2.24, 2.45) is 10.9 Å². The zero-order valence-corrected chi connectivity index (χ0v) is 8.04. The summed E-state index contributed by atoms with van der Waals surface area (Å²) in [5.74, 6) is 0.229. The summed E-state index contributed by atoms with van der Waals surface area (Å²) >= 11 is 10.9. The number of amidine groups is 1. The first-order valence-corrected chi connectivity index (χ1v) is 3.87. The fraction of sp³-hybridized carbons (Fsp3) is 0.200. The highest BCUT2D eigenvalue weighted by Crippen LogP contribution is 2.11. The number of nitrogens with zero attached hydrogens (tertiary/aromatic N) is 4. The number of hydrogen-bond donors (Lipinski definition) is 1. The molecule has 0 aliphatic heterocycles. The topological polar surface area (TPSA) is 86.3 Å². The van der Waals surface area contributed by atoms with E-state index in [1.54, 1.807) is 6.92 Å². The monoisotopic (exact) mass is 221 g/mol. The molecule has 6 nitrogen and oxygen atoms in total. The van der Waals surface area contributed by atoms with Crippen LogP contribution >= 0.6 is 23.2 Å². The summed E-state index contributed by atoms with van der Waals surface area (Å²) in [4.78, 5) is 15.3. The molecule has 0 atom stereocenters. The van der Waals surface area contributed by atoms with Crippen molar-refractivity contribution in [2.75, 3.05) is 0 Å². The molecule has 2 N–H and O–H groups in total. The Hall–Kier alpha value is -1.14. The normalized spacial score (nSPS) is 11.5. The molecule has 0 spiro atoms. The van der Waals surface area contributed by atoms with E-state index in [-0.39, 0.29) is 22.4 Å². The predicted molar refractivity (Wildman–Crippen MR) is 47.8 cm³/mol. The van der Waals surface area contributed by atoms with Crippen LogP contribution in [0.1, 0.15) is 6.92 Å². The maximum Gasteiger partial charge on any atom is 0.351 e. The Morgan fingerprint density at radius 3 is 2.31 bits per heavy atom. The van der Waals surface area contributed by atoms with Crippen LogP contribution in [0.2, 0.25) is 10.6 Å². The molecule has 1 rings (SSSR count). The van der Waals surface area contributed by atoms with Crippen molar-refractivity contribution in [1.82, 2.24) is 15.0 Å². The van der Waals surface area contributed by atoms with Gasteiger partial charge in [-0.05, 0) is 30.1 Å². The quantitative estimate of drug-likeness (QED) is 0.455. The SMILES string of the molecule is C/C(N)=N/Oc1nc(Cl)nc(Cl)n1. The summed E-state index contributed by atoms with van der Waals surface area (Å²) in [6.45, 7) is 1.55. The van der Waals surface area contributed by atoms with Crippen LogP contribution in [-0.2, 0) is 0 Å². The largest absolute Gasteiger partial charge is 0.385 e. The molecule has 70 valence electrons. The number of oxime groups is 1. The zero-order chi connectivity index (χ0) is 9.84. The van der Waals surface area contributed by atoms with Crippen molar-refractivity contribution in [1.29, 1.82) is 0 Å². The van der Waals surface area contributed by atoms with E-state index in [0.29, 0.717) is 0 Å². The number of nitrogens with two attached hydrogens (primary N) is 1. The van der Waals surface area contributed by atoms with E-state index in [9.17, 15) is 0 Å². The Morgan fingerprint density at radius 1 is 1.31 bits per heavy atom. The van der Waals surface area contributed by atoms with Gasteiger partial charge >= 0.3 is 6.01 Å². The minimum absolute atomic E-state index is 0.0696. The fourth-order valence-corrected chi connectivity index (χ4v) is 0.811. The first-order chi connectivity index (χ1) is 6.08. The highest BCUT2D eigenvalue weighted by atomic mass is 35.5. The van der Waals surface area contributed by atoms with Gasteiger partial charge in [0, 0.05) is 0 Å². The third-order valence-electron chi connectivity index (χ3n) is 0.832. The van der Waals surface area contributed by atoms with Crippen LogP contribution in [0.3, 0.4) is 0 Å². The molecule has 0 saturated carbocycles. The van der Waals surface area contributed by atoms with Gasteiger partial charge in [-0.2, -0.15) is 15.0 Å². The van der Waals surface area contributed by atoms with E-state index in [4.69, 9.17) is 28.9 Å². The van der Waals surface area contributed by atoms with Crippen LogP contribution in [0, 0.1) is 0 Å². The number of rotatable bonds is 2. The van der Waals surface area contributed by atoms with Gasteiger partial charge in [0.05, 0.1) is 0 Å². The third-order valence-corrected chi connectivity index (χ3v) is 1.17. The number of hydrogen-bond acceptors (Lipinski definition) is 5. The van der Waals surface area contributed by atoms with Crippen molar-refractivity contribution in [3.63, 3.8) is 0 Å². The van der Waals surface area contributed by atoms with Gasteiger partial charge in [0.15, 0.2) is 0 Å². The van der Waals surface area contributed by atoms with Gasteiger partial charge in [-0.25, -0.2) is 0 Å². The van der Waals surface area contributed by atoms with Crippen LogP contribution in [-0.4, -0.2) is 20.8 Å². The second-order valence-corrected chi connectivity index (χ2v) is 2.66. The summed E-state index contributed by atoms with van der Waals surface area (Å²) in [6.07, 6.45) is 0. The average molecular weight is 222 g/mol. The lowest BCUT2D eigenvalue weighted by Gasteiger charge is -1.96. The van der Waals surface area contributed by atoms with Gasteiger partial charge in [-0.3, -0.25) is 0 Å². The molecule has 1 aromatic rings. The van der Waals surface area contributed by atoms with Crippen LogP contribution in [0.25, 0.3) is 0 Å². The number of aromatic nitrogens is 3. The Balaban J connectivity index is 2.83. The van der Waals surface area contributed by atoms with E-state index in [1.165, 1.54) is 0 Å². The van der Waals surface area contributed by atoms with Gasteiger partial charge < -0.3 is 10.6 Å². The number of halogens is 2. The van der Waals surface area contributed by atoms with Crippen LogP contribution < -0.4 is 10.6 Å². The maximum absolute atomic E-state index is 5.46. The lowest BCUT2D eigenvalue weighted by molar-refractivity contribution is 0.310. The van der Waals surface area contributed by atoms with E-state index >= 15 is 0 Å². The maximum atomic E-state index is 5.46. The highest BCUT2D eigenvalue weighted by Gasteiger charge is 2.03. The fourth-order valence-electron chi connectivity index (χ4n) is 0.463. The Kier molecular flexibility index (Phi) is 3.21. The summed E-state index contributed by atoms with van der Waals surface area (Å²) in [7, 11) is 0. The van der Waals surface area contributed by atoms with Crippen molar-refractivity contribution >= 4 is 29.0 Å². The standard InChI is InChI=1S/C5H5Cl2N5O/c1-2(8)12-13-5-10-3(6)9-4(7)11-5/h1H3,(H2,8,12). The molecule has 0 radical (unpaired) electrons. The van der Waals surface area contributed by atoms with Gasteiger partial charge in [0.25, 0.3) is 0 Å². The predicted octanol–water partition coefficient (Wildman–Crippen LogP) is 0.849. The molecule has 0 amide bonds. The van der Waals surface area contributed by atoms with Gasteiger partial charge in [0.1, 0.15) is 5.84 Å². The van der Waals surface area contributed by atoms with E-state index < -0.39 is 0 Å². The lowest BCUT2D eigenvalue weighted by Crippen LogP contribution is -2.07. The smallest absolute Gasteiger partial charge is 0.351 e. The van der Waals surface area contributed by atoms with Gasteiger partial charge in [-0.15, -0.1) is 0 Å². The molecule has 0 aliphatic rings. The minimum Gasteiger partial charge on any atom is -0.385 e. The van der Waals surface area contributed by atoms with Gasteiger partial charge in [0.2, 0.25) is 10.6 Å². The average Bonchev–Trinajstić information content (AvgIpc) is 1.99. The first-order valence-electron chi connectivity index (χ1n) is 3.12. The summed E-state index contributed by atoms with van der Waals surface area (Å²) in [5.41, 5.74) is 5.20. The summed E-state index contributed by atoms with van der Waals surface area (Å²) in [5, 5.41) is 3.26. The molecule has 0 unspecified atom stereocenters. The molecule has 1 aromatic heterocycles. The second-order valence-electron chi connectivity index (χ2n) is 1.98. The highest BCUT2D eigenvalue weighted by molar-refractivity contribution is 6.31. The van der Waals surface area contributed by atoms with Crippen LogP contribution in [0.5, 0.6) is 6.01 Å². The molecule has 0 aromatic carbocycles. The summed E-state index contributed by atoms with van der Waals surface area (Å²) in [6, 6.07) is -0.102.